The number of benzene rings is 2. The molecule has 3 aromatic rings. The number of fused-ring (bicyclic) bond motifs is 1. The van der Waals surface area contributed by atoms with Crippen LogP contribution in [0.5, 0.6) is 0 Å². The molecule has 1 fully saturated rings. The van der Waals surface area contributed by atoms with Crippen LogP contribution in [0, 0.1) is 0 Å². The summed E-state index contributed by atoms with van der Waals surface area (Å²) in [7, 11) is 0. The summed E-state index contributed by atoms with van der Waals surface area (Å²) in [5.41, 5.74) is 1.64. The number of carbonyl (C=O) groups excluding carboxylic acids is 2. The van der Waals surface area contributed by atoms with E-state index in [0.29, 0.717) is 30.3 Å². The highest BCUT2D eigenvalue weighted by Gasteiger charge is 2.32. The molecule has 0 radical (unpaired) electrons. The minimum absolute atomic E-state index is 0.203. The lowest BCUT2D eigenvalue weighted by molar-refractivity contribution is -0.137. The summed E-state index contributed by atoms with van der Waals surface area (Å²) in [6.45, 7) is 0.297. The van der Waals surface area contributed by atoms with E-state index in [4.69, 9.17) is 0 Å². The molecule has 0 spiro atoms. The summed E-state index contributed by atoms with van der Waals surface area (Å²) < 4.78 is 40.7. The first-order chi connectivity index (χ1) is 13.3. The van der Waals surface area contributed by atoms with Crippen molar-refractivity contribution in [2.45, 2.75) is 25.2 Å². The summed E-state index contributed by atoms with van der Waals surface area (Å²) >= 11 is 0.677. The molecule has 0 saturated carbocycles. The molecule has 1 N–H and O–H groups in total. The van der Waals surface area contributed by atoms with Gasteiger partial charge in [-0.2, -0.15) is 13.2 Å². The van der Waals surface area contributed by atoms with E-state index in [0.717, 1.165) is 28.6 Å². The number of hydrogen-bond donors (Lipinski definition) is 1. The molecule has 4 nitrogen and oxygen atoms in total. The average molecular weight is 404 g/mol. The second-order valence-electron chi connectivity index (χ2n) is 6.60. The molecule has 1 saturated heterocycles. The summed E-state index contributed by atoms with van der Waals surface area (Å²) in [5.74, 6) is 0. The third-order valence-corrected chi connectivity index (χ3v) is 5.49. The van der Waals surface area contributed by atoms with E-state index in [2.05, 4.69) is 5.32 Å². The van der Waals surface area contributed by atoms with Crippen LogP contribution < -0.4 is 5.32 Å². The van der Waals surface area contributed by atoms with E-state index < -0.39 is 17.8 Å². The van der Waals surface area contributed by atoms with Crippen molar-refractivity contribution in [3.05, 3.63) is 71.4 Å². The number of rotatable bonds is 4. The van der Waals surface area contributed by atoms with Crippen LogP contribution in [0.2, 0.25) is 0 Å². The maximum atomic E-state index is 12.9. The van der Waals surface area contributed by atoms with Gasteiger partial charge in [-0.15, -0.1) is 0 Å². The SMILES string of the molecule is O=C1NC(Cc2cccc3c2ccn3Cc2cccc(C(F)(F)F)c2)C(=O)S1. The fourth-order valence-corrected chi connectivity index (χ4v) is 4.06. The van der Waals surface area contributed by atoms with Crippen LogP contribution in [0.25, 0.3) is 10.9 Å². The minimum atomic E-state index is -4.38. The fourth-order valence-electron chi connectivity index (χ4n) is 3.39. The Morgan fingerprint density at radius 3 is 2.57 bits per heavy atom. The number of hydrogen-bond acceptors (Lipinski definition) is 3. The summed E-state index contributed by atoms with van der Waals surface area (Å²) in [6.07, 6.45) is -2.18. The molecule has 144 valence electrons. The van der Waals surface area contributed by atoms with Gasteiger partial charge in [-0.1, -0.05) is 24.3 Å². The number of carbonyl (C=O) groups is 2. The fraction of sp³-hybridized carbons (Fsp3) is 0.200. The van der Waals surface area contributed by atoms with Crippen molar-refractivity contribution < 1.29 is 22.8 Å². The lowest BCUT2D eigenvalue weighted by Crippen LogP contribution is -2.30. The summed E-state index contributed by atoms with van der Waals surface area (Å²) in [6, 6.07) is 12.2. The monoisotopic (exact) mass is 404 g/mol. The van der Waals surface area contributed by atoms with Crippen molar-refractivity contribution in [2.75, 3.05) is 0 Å². The Hall–Kier alpha value is -2.74. The second kappa shape index (κ2) is 7.01. The first kappa shape index (κ1) is 18.6. The topological polar surface area (TPSA) is 51.1 Å². The van der Waals surface area contributed by atoms with Crippen LogP contribution in [-0.2, 0) is 23.9 Å². The van der Waals surface area contributed by atoms with Gasteiger partial charge in [0.05, 0.1) is 5.56 Å². The molecule has 1 atom stereocenters. The average Bonchev–Trinajstić information content (AvgIpc) is 3.18. The standard InChI is InChI=1S/C20H15F3N2O2S/c21-20(22,23)14-5-1-3-12(9-14)11-25-8-7-15-13(4-2-6-17(15)25)10-16-18(26)28-19(27)24-16/h1-9,16H,10-11H2,(H,24,27). The van der Waals surface area contributed by atoms with Gasteiger partial charge in [0, 0.05) is 41.8 Å². The Balaban J connectivity index is 1.62. The molecule has 1 aliphatic rings. The van der Waals surface area contributed by atoms with E-state index >= 15 is 0 Å². The van der Waals surface area contributed by atoms with Crippen LogP contribution >= 0.6 is 11.8 Å². The van der Waals surface area contributed by atoms with Crippen LogP contribution in [-0.4, -0.2) is 21.0 Å². The molecule has 0 bridgehead atoms. The van der Waals surface area contributed by atoms with Gasteiger partial charge in [0.2, 0.25) is 5.12 Å². The third-order valence-electron chi connectivity index (χ3n) is 4.71. The lowest BCUT2D eigenvalue weighted by Gasteiger charge is -2.12. The van der Waals surface area contributed by atoms with E-state index in [-0.39, 0.29) is 10.4 Å². The van der Waals surface area contributed by atoms with Gasteiger partial charge in [-0.3, -0.25) is 9.59 Å². The Morgan fingerprint density at radius 1 is 1.07 bits per heavy atom. The van der Waals surface area contributed by atoms with Crippen LogP contribution in [0.4, 0.5) is 18.0 Å². The molecular weight excluding hydrogens is 389 g/mol. The number of amides is 1. The number of halogens is 3. The Labute approximate surface area is 162 Å². The smallest absolute Gasteiger partial charge is 0.343 e. The quantitative estimate of drug-likeness (QED) is 0.691. The van der Waals surface area contributed by atoms with E-state index in [1.807, 2.05) is 35.0 Å². The molecule has 1 unspecified atom stereocenters. The van der Waals surface area contributed by atoms with Gasteiger partial charge in [0.15, 0.2) is 0 Å². The summed E-state index contributed by atoms with van der Waals surface area (Å²) in [4.78, 5) is 23.2. The van der Waals surface area contributed by atoms with E-state index in [1.165, 1.54) is 6.07 Å². The number of nitrogens with zero attached hydrogens (tertiary/aromatic N) is 1. The minimum Gasteiger partial charge on any atom is -0.343 e. The Kier molecular flexibility index (Phi) is 4.66. The molecule has 1 aliphatic heterocycles. The highest BCUT2D eigenvalue weighted by Crippen LogP contribution is 2.30. The zero-order chi connectivity index (χ0) is 19.9. The number of nitrogens with one attached hydrogen (secondary N) is 1. The highest BCUT2D eigenvalue weighted by atomic mass is 32.2. The summed E-state index contributed by atoms with van der Waals surface area (Å²) in [5, 5.41) is 3.01. The van der Waals surface area contributed by atoms with Gasteiger partial charge in [-0.05, 0) is 35.4 Å². The molecular formula is C20H15F3N2O2S. The molecule has 0 aliphatic carbocycles. The van der Waals surface area contributed by atoms with Crippen molar-refractivity contribution in [1.82, 2.24) is 9.88 Å². The Bertz CT molecular complexity index is 1070. The van der Waals surface area contributed by atoms with Crippen molar-refractivity contribution >= 4 is 33.0 Å². The number of alkyl halides is 3. The first-order valence-electron chi connectivity index (χ1n) is 8.56. The Morgan fingerprint density at radius 2 is 1.86 bits per heavy atom. The number of aromatic nitrogens is 1. The van der Waals surface area contributed by atoms with Crippen LogP contribution in [0.15, 0.2) is 54.7 Å². The van der Waals surface area contributed by atoms with Gasteiger partial charge in [0.1, 0.15) is 6.04 Å². The van der Waals surface area contributed by atoms with Gasteiger partial charge >= 0.3 is 6.18 Å². The zero-order valence-corrected chi connectivity index (χ0v) is 15.3. The van der Waals surface area contributed by atoms with Crippen LogP contribution in [0.3, 0.4) is 0 Å². The predicted molar refractivity (Wildman–Crippen MR) is 101 cm³/mol. The van der Waals surface area contributed by atoms with Crippen molar-refractivity contribution in [2.24, 2.45) is 0 Å². The molecule has 1 amide bonds. The third kappa shape index (κ3) is 3.64. The lowest BCUT2D eigenvalue weighted by atomic mass is 10.0. The molecule has 8 heteroatoms. The molecule has 1 aromatic heterocycles. The van der Waals surface area contributed by atoms with Gasteiger partial charge in [0.25, 0.3) is 5.24 Å². The maximum Gasteiger partial charge on any atom is 0.416 e. The van der Waals surface area contributed by atoms with E-state index in [9.17, 15) is 22.8 Å². The van der Waals surface area contributed by atoms with Crippen molar-refractivity contribution in [3.8, 4) is 0 Å². The van der Waals surface area contributed by atoms with Crippen LogP contribution in [0.1, 0.15) is 16.7 Å². The largest absolute Gasteiger partial charge is 0.416 e. The van der Waals surface area contributed by atoms with Gasteiger partial charge in [-0.25, -0.2) is 0 Å². The van der Waals surface area contributed by atoms with E-state index in [1.54, 1.807) is 6.07 Å². The van der Waals surface area contributed by atoms with Crippen molar-refractivity contribution in [3.63, 3.8) is 0 Å². The molecule has 2 aromatic carbocycles. The van der Waals surface area contributed by atoms with Gasteiger partial charge < -0.3 is 9.88 Å². The predicted octanol–water partition coefficient (Wildman–Crippen LogP) is 4.60. The maximum absolute atomic E-state index is 12.9. The first-order valence-corrected chi connectivity index (χ1v) is 9.38. The van der Waals surface area contributed by atoms with Crippen molar-refractivity contribution in [1.29, 1.82) is 0 Å². The second-order valence-corrected chi connectivity index (χ2v) is 7.58. The molecule has 2 heterocycles. The molecule has 4 rings (SSSR count). The number of thioether (sulfide) groups is 1. The molecule has 28 heavy (non-hydrogen) atoms. The normalized spacial score (nSPS) is 17.3. The highest BCUT2D eigenvalue weighted by molar-refractivity contribution is 8.26. The zero-order valence-electron chi connectivity index (χ0n) is 14.5.